The monoisotopic (exact) mass is 377 g/mol. The minimum Gasteiger partial charge on any atom is -0.505 e. The molecule has 0 bridgehead atoms. The fourth-order valence-electron chi connectivity index (χ4n) is 2.54. The number of para-hydroxylation sites is 1. The number of amides is 1. The third-order valence-electron chi connectivity index (χ3n) is 3.97. The van der Waals surface area contributed by atoms with E-state index in [2.05, 4.69) is 10.3 Å². The van der Waals surface area contributed by atoms with Gasteiger partial charge < -0.3 is 20.3 Å². The molecule has 0 aliphatic rings. The molecular weight excluding hydrogens is 362 g/mol. The molecule has 1 heterocycles. The number of carbonyl (C=O) groups is 2. The van der Waals surface area contributed by atoms with Crippen LogP contribution in [0.15, 0.2) is 48.5 Å². The fraction of sp³-hybridized carbons (Fsp3) is 0.100. The van der Waals surface area contributed by atoms with Gasteiger partial charge in [-0.25, -0.2) is 4.98 Å². The lowest BCUT2D eigenvalue weighted by Crippen LogP contribution is -2.38. The molecule has 3 aromatic rings. The maximum atomic E-state index is 12.3. The van der Waals surface area contributed by atoms with E-state index >= 15 is 0 Å². The molecule has 0 saturated carbocycles. The van der Waals surface area contributed by atoms with Crippen molar-refractivity contribution in [2.24, 2.45) is 0 Å². The van der Waals surface area contributed by atoms with Crippen LogP contribution in [-0.2, 0) is 4.79 Å². The maximum Gasteiger partial charge on any atom is 0.325 e. The van der Waals surface area contributed by atoms with E-state index in [1.165, 1.54) is 19.1 Å². The molecule has 28 heavy (non-hydrogen) atoms. The van der Waals surface area contributed by atoms with Crippen molar-refractivity contribution >= 4 is 22.6 Å². The molecule has 8 heteroatoms. The third-order valence-corrected chi connectivity index (χ3v) is 3.97. The van der Waals surface area contributed by atoms with E-state index in [4.69, 9.17) is 9.84 Å². The van der Waals surface area contributed by atoms with Crippen LogP contribution in [-0.4, -0.2) is 33.1 Å². The minimum atomic E-state index is -1.24. The zero-order chi connectivity index (χ0) is 20.3. The van der Waals surface area contributed by atoms with Crippen LogP contribution in [0.4, 0.5) is 0 Å². The van der Waals surface area contributed by atoms with Crippen LogP contribution in [0.2, 0.25) is 0 Å². The van der Waals surface area contributed by atoms with Gasteiger partial charge in [0.15, 0.2) is 11.4 Å². The van der Waals surface area contributed by atoms with Crippen LogP contribution in [0.5, 0.6) is 17.2 Å². The Bertz CT molecular complexity index is 1110. The van der Waals surface area contributed by atoms with Gasteiger partial charge in [-0.1, -0.05) is 18.2 Å². The van der Waals surface area contributed by atoms with Crippen molar-refractivity contribution in [3.8, 4) is 23.3 Å². The van der Waals surface area contributed by atoms with Crippen LogP contribution < -0.4 is 10.1 Å². The third kappa shape index (κ3) is 3.68. The second-order valence-corrected chi connectivity index (χ2v) is 5.93. The molecule has 0 aliphatic carbocycles. The number of benzene rings is 2. The first kappa shape index (κ1) is 18.7. The highest BCUT2D eigenvalue weighted by Crippen LogP contribution is 2.33. The van der Waals surface area contributed by atoms with E-state index in [9.17, 15) is 20.0 Å². The number of carbonyl (C=O) groups excluding carboxylic acids is 1. The average Bonchev–Trinajstić information content (AvgIpc) is 2.69. The predicted molar refractivity (Wildman–Crippen MR) is 99.2 cm³/mol. The number of carboxylic acids is 1. The first-order valence-corrected chi connectivity index (χ1v) is 8.24. The van der Waals surface area contributed by atoms with Crippen LogP contribution in [0.3, 0.4) is 0 Å². The number of nitrogens with zero attached hydrogens (tertiary/aromatic N) is 2. The van der Waals surface area contributed by atoms with E-state index in [0.29, 0.717) is 16.9 Å². The number of aromatic hydroxyl groups is 1. The molecule has 0 spiro atoms. The quantitative estimate of drug-likeness (QED) is 0.623. The second-order valence-electron chi connectivity index (χ2n) is 5.93. The van der Waals surface area contributed by atoms with Crippen molar-refractivity contribution < 1.29 is 24.5 Å². The Morgan fingerprint density at radius 2 is 1.86 bits per heavy atom. The predicted octanol–water partition coefficient (Wildman–Crippen LogP) is 2.81. The van der Waals surface area contributed by atoms with Crippen molar-refractivity contribution in [1.29, 1.82) is 5.26 Å². The Kier molecular flexibility index (Phi) is 5.09. The highest BCUT2D eigenvalue weighted by Gasteiger charge is 2.22. The van der Waals surface area contributed by atoms with Gasteiger partial charge in [-0.05, 0) is 37.3 Å². The zero-order valence-electron chi connectivity index (χ0n) is 14.7. The maximum absolute atomic E-state index is 12.3. The minimum absolute atomic E-state index is 0.0977. The summed E-state index contributed by atoms with van der Waals surface area (Å²) in [5.74, 6) is -1.56. The lowest BCUT2D eigenvalue weighted by atomic mass is 10.1. The molecule has 140 valence electrons. The van der Waals surface area contributed by atoms with Gasteiger partial charge in [-0.2, -0.15) is 5.26 Å². The first-order chi connectivity index (χ1) is 13.4. The average molecular weight is 377 g/mol. The molecule has 0 saturated heterocycles. The lowest BCUT2D eigenvalue weighted by molar-refractivity contribution is -0.138. The summed E-state index contributed by atoms with van der Waals surface area (Å²) >= 11 is 0. The van der Waals surface area contributed by atoms with Crippen LogP contribution in [0.25, 0.3) is 10.8 Å². The SMILES string of the molecule is CC(NC(=O)c1nc(C#N)c2cc(Oc3ccccc3)ccc2c1O)C(=O)O. The summed E-state index contributed by atoms with van der Waals surface area (Å²) in [6.45, 7) is 1.27. The molecule has 1 amide bonds. The van der Waals surface area contributed by atoms with Gasteiger partial charge in [0.2, 0.25) is 0 Å². The van der Waals surface area contributed by atoms with Gasteiger partial charge in [-0.15, -0.1) is 0 Å². The summed E-state index contributed by atoms with van der Waals surface area (Å²) < 4.78 is 5.72. The summed E-state index contributed by atoms with van der Waals surface area (Å²) in [4.78, 5) is 27.1. The van der Waals surface area contributed by atoms with E-state index in [1.54, 1.807) is 18.2 Å². The number of hydrogen-bond acceptors (Lipinski definition) is 6. The number of rotatable bonds is 5. The summed E-state index contributed by atoms with van der Waals surface area (Å²) in [5.41, 5.74) is -0.520. The molecule has 2 aromatic carbocycles. The van der Waals surface area contributed by atoms with Gasteiger partial charge in [0.25, 0.3) is 5.91 Å². The molecule has 0 aliphatic heterocycles. The van der Waals surface area contributed by atoms with Gasteiger partial charge in [0.05, 0.1) is 0 Å². The van der Waals surface area contributed by atoms with Gasteiger partial charge in [-0.3, -0.25) is 9.59 Å². The van der Waals surface area contributed by atoms with Gasteiger partial charge in [0, 0.05) is 10.8 Å². The zero-order valence-corrected chi connectivity index (χ0v) is 14.7. The Morgan fingerprint density at radius 3 is 2.50 bits per heavy atom. The highest BCUT2D eigenvalue weighted by molar-refractivity contribution is 6.04. The second kappa shape index (κ2) is 7.63. The molecule has 0 radical (unpaired) electrons. The van der Waals surface area contributed by atoms with Crippen molar-refractivity contribution in [3.05, 3.63) is 59.9 Å². The van der Waals surface area contributed by atoms with Crippen LogP contribution in [0.1, 0.15) is 23.1 Å². The van der Waals surface area contributed by atoms with Gasteiger partial charge >= 0.3 is 5.97 Å². The summed E-state index contributed by atoms with van der Waals surface area (Å²) in [6, 6.07) is 14.3. The summed E-state index contributed by atoms with van der Waals surface area (Å²) in [6.07, 6.45) is 0. The number of nitrogens with one attached hydrogen (secondary N) is 1. The van der Waals surface area contributed by atoms with Crippen LogP contribution in [0, 0.1) is 11.3 Å². The van der Waals surface area contributed by atoms with Crippen LogP contribution >= 0.6 is 0 Å². The molecule has 3 N–H and O–H groups in total. The molecule has 0 fully saturated rings. The number of aliphatic carboxylic acids is 1. The Balaban J connectivity index is 2.03. The first-order valence-electron chi connectivity index (χ1n) is 8.24. The molecular formula is C20H15N3O5. The van der Waals surface area contributed by atoms with E-state index in [-0.39, 0.29) is 11.1 Å². The fourth-order valence-corrected chi connectivity index (χ4v) is 2.54. The number of aromatic nitrogens is 1. The molecule has 1 atom stereocenters. The molecule has 3 rings (SSSR count). The Morgan fingerprint density at radius 1 is 1.14 bits per heavy atom. The highest BCUT2D eigenvalue weighted by atomic mass is 16.5. The van der Waals surface area contributed by atoms with Gasteiger partial charge in [0.1, 0.15) is 29.3 Å². The largest absolute Gasteiger partial charge is 0.505 e. The number of carboxylic acid groups (broad SMARTS) is 1. The normalized spacial score (nSPS) is 11.4. The number of pyridine rings is 1. The lowest BCUT2D eigenvalue weighted by Gasteiger charge is -2.13. The van der Waals surface area contributed by atoms with E-state index in [0.717, 1.165) is 0 Å². The smallest absolute Gasteiger partial charge is 0.325 e. The van der Waals surface area contributed by atoms with Crippen molar-refractivity contribution in [3.63, 3.8) is 0 Å². The molecule has 8 nitrogen and oxygen atoms in total. The molecule has 1 aromatic heterocycles. The van der Waals surface area contributed by atoms with Crippen molar-refractivity contribution in [2.75, 3.05) is 0 Å². The number of hydrogen-bond donors (Lipinski definition) is 3. The van der Waals surface area contributed by atoms with Crippen molar-refractivity contribution in [2.45, 2.75) is 13.0 Å². The summed E-state index contributed by atoms with van der Waals surface area (Å²) in [7, 11) is 0. The number of fused-ring (bicyclic) bond motifs is 1. The van der Waals surface area contributed by atoms with E-state index in [1.807, 2.05) is 24.3 Å². The Labute approximate surface area is 159 Å². The number of nitriles is 1. The molecule has 1 unspecified atom stereocenters. The number of ether oxygens (including phenoxy) is 1. The van der Waals surface area contributed by atoms with Crippen molar-refractivity contribution in [1.82, 2.24) is 10.3 Å². The Hall–Kier alpha value is -4.12. The standard InChI is InChI=1S/C20H15N3O5/c1-11(20(26)27)22-19(25)17-18(24)14-8-7-13(9-15(14)16(10-21)23-17)28-12-5-3-2-4-6-12/h2-9,11,24H,1H3,(H,22,25)(H,26,27). The topological polar surface area (TPSA) is 133 Å². The van der Waals surface area contributed by atoms with E-state index < -0.39 is 29.4 Å². The summed E-state index contributed by atoms with van der Waals surface area (Å²) in [5, 5.41) is 31.5.